The fraction of sp³-hybridized carbons (Fsp3) is 0. The van der Waals surface area contributed by atoms with Gasteiger partial charge in [-0.25, -0.2) is 4.79 Å². The van der Waals surface area contributed by atoms with Gasteiger partial charge in [0, 0.05) is 10.6 Å². The Morgan fingerprint density at radius 1 is 0.778 bits per heavy atom. The van der Waals surface area contributed by atoms with Crippen LogP contribution in [0.15, 0.2) is 60.7 Å². The van der Waals surface area contributed by atoms with Crippen LogP contribution in [0.2, 0.25) is 15.1 Å². The molecule has 0 radical (unpaired) electrons. The third kappa shape index (κ3) is 4.08. The number of carboxylic acid groups (broad SMARTS) is 1. The van der Waals surface area contributed by atoms with Crippen LogP contribution in [0.1, 0.15) is 20.7 Å². The highest BCUT2D eigenvalue weighted by molar-refractivity contribution is 6.41. The Hall–Kier alpha value is -2.53. The van der Waals surface area contributed by atoms with E-state index >= 15 is 0 Å². The van der Waals surface area contributed by atoms with Crippen LogP contribution in [0.25, 0.3) is 11.1 Å². The number of halogens is 3. The lowest BCUT2D eigenvalue weighted by Crippen LogP contribution is -2.16. The standard InChI is InChI=1S/C20H12Cl3NO3/c21-15-8-4-3-5-12(15)11-9-16(22)18(17(23)10-11)24-19(25)13-6-1-2-7-14(13)20(26)27/h1-10H,(H,24,25)(H,26,27). The molecule has 1 amide bonds. The smallest absolute Gasteiger partial charge is 0.336 e. The van der Waals surface area contributed by atoms with E-state index in [1.165, 1.54) is 12.1 Å². The molecule has 3 rings (SSSR count). The van der Waals surface area contributed by atoms with Gasteiger partial charge < -0.3 is 10.4 Å². The maximum Gasteiger partial charge on any atom is 0.336 e. The van der Waals surface area contributed by atoms with Gasteiger partial charge in [0.25, 0.3) is 5.91 Å². The average Bonchev–Trinajstić information content (AvgIpc) is 2.64. The van der Waals surface area contributed by atoms with Gasteiger partial charge in [-0.15, -0.1) is 0 Å². The van der Waals surface area contributed by atoms with E-state index in [9.17, 15) is 14.7 Å². The number of carboxylic acids is 1. The fourth-order valence-electron chi connectivity index (χ4n) is 2.59. The third-order valence-corrected chi connectivity index (χ3v) is 4.79. The van der Waals surface area contributed by atoms with Crippen molar-refractivity contribution in [3.63, 3.8) is 0 Å². The first-order valence-electron chi connectivity index (χ1n) is 7.76. The zero-order chi connectivity index (χ0) is 19.6. The number of anilines is 1. The lowest BCUT2D eigenvalue weighted by atomic mass is 10.0. The second kappa shape index (κ2) is 8.01. The first-order valence-corrected chi connectivity index (χ1v) is 8.89. The molecule has 7 heteroatoms. The topological polar surface area (TPSA) is 66.4 Å². The summed E-state index contributed by atoms with van der Waals surface area (Å²) in [6.45, 7) is 0. The summed E-state index contributed by atoms with van der Waals surface area (Å²) >= 11 is 18.8. The van der Waals surface area contributed by atoms with Crippen LogP contribution in [0.3, 0.4) is 0 Å². The van der Waals surface area contributed by atoms with Crippen molar-refractivity contribution in [1.29, 1.82) is 0 Å². The maximum atomic E-state index is 12.5. The highest BCUT2D eigenvalue weighted by atomic mass is 35.5. The van der Waals surface area contributed by atoms with Gasteiger partial charge in [-0.1, -0.05) is 65.1 Å². The molecule has 0 bridgehead atoms. The van der Waals surface area contributed by atoms with Crippen LogP contribution in [-0.2, 0) is 0 Å². The minimum atomic E-state index is -1.20. The molecule has 0 saturated carbocycles. The Morgan fingerprint density at radius 2 is 1.33 bits per heavy atom. The number of carbonyl (C=O) groups excluding carboxylic acids is 1. The fourth-order valence-corrected chi connectivity index (χ4v) is 3.42. The van der Waals surface area contributed by atoms with Crippen LogP contribution in [0.5, 0.6) is 0 Å². The van der Waals surface area contributed by atoms with Gasteiger partial charge >= 0.3 is 5.97 Å². The summed E-state index contributed by atoms with van der Waals surface area (Å²) in [5, 5.41) is 12.8. The third-order valence-electron chi connectivity index (χ3n) is 3.87. The maximum absolute atomic E-state index is 12.5. The molecule has 0 unspecified atom stereocenters. The summed E-state index contributed by atoms with van der Waals surface area (Å²) in [6, 6.07) is 16.4. The van der Waals surface area contributed by atoms with Crippen molar-refractivity contribution >= 4 is 52.4 Å². The molecule has 0 fully saturated rings. The van der Waals surface area contributed by atoms with E-state index in [1.54, 1.807) is 30.3 Å². The molecule has 4 nitrogen and oxygen atoms in total. The second-order valence-electron chi connectivity index (χ2n) is 5.60. The van der Waals surface area contributed by atoms with Gasteiger partial charge in [-0.05, 0) is 35.9 Å². The normalized spacial score (nSPS) is 10.5. The first-order chi connectivity index (χ1) is 12.9. The summed E-state index contributed by atoms with van der Waals surface area (Å²) in [7, 11) is 0. The number of aromatic carboxylic acids is 1. The van der Waals surface area contributed by atoms with Gasteiger partial charge in [-0.3, -0.25) is 4.79 Å². The number of amides is 1. The van der Waals surface area contributed by atoms with E-state index in [-0.39, 0.29) is 26.9 Å². The van der Waals surface area contributed by atoms with E-state index in [1.807, 2.05) is 18.2 Å². The predicted molar refractivity (Wildman–Crippen MR) is 108 cm³/mol. The van der Waals surface area contributed by atoms with E-state index in [2.05, 4.69) is 5.32 Å². The first kappa shape index (κ1) is 19.2. The molecule has 0 spiro atoms. The molecule has 0 saturated heterocycles. The number of hydrogen-bond donors (Lipinski definition) is 2. The van der Waals surface area contributed by atoms with Crippen LogP contribution < -0.4 is 5.32 Å². The molecule has 0 heterocycles. The minimum Gasteiger partial charge on any atom is -0.478 e. The number of hydrogen-bond acceptors (Lipinski definition) is 2. The molecule has 27 heavy (non-hydrogen) atoms. The number of rotatable bonds is 4. The van der Waals surface area contributed by atoms with Crippen LogP contribution in [-0.4, -0.2) is 17.0 Å². The van der Waals surface area contributed by atoms with Crippen molar-refractivity contribution in [2.24, 2.45) is 0 Å². The van der Waals surface area contributed by atoms with Crippen LogP contribution in [0, 0.1) is 0 Å². The minimum absolute atomic E-state index is 0.00677. The molecular weight excluding hydrogens is 409 g/mol. The molecule has 136 valence electrons. The summed E-state index contributed by atoms with van der Waals surface area (Å²) in [5.41, 5.74) is 1.53. The van der Waals surface area contributed by atoms with Crippen molar-refractivity contribution in [3.8, 4) is 11.1 Å². The number of nitrogens with one attached hydrogen (secondary N) is 1. The van der Waals surface area contributed by atoms with Crippen molar-refractivity contribution in [2.75, 3.05) is 5.32 Å². The predicted octanol–water partition coefficient (Wildman–Crippen LogP) is 6.26. The molecule has 0 atom stereocenters. The van der Waals surface area contributed by atoms with Gasteiger partial charge in [0.05, 0.1) is 26.9 Å². The highest BCUT2D eigenvalue weighted by Gasteiger charge is 2.19. The van der Waals surface area contributed by atoms with Crippen LogP contribution >= 0.6 is 34.8 Å². The summed E-state index contributed by atoms with van der Waals surface area (Å²) in [4.78, 5) is 23.8. The molecule has 2 N–H and O–H groups in total. The Kier molecular flexibility index (Phi) is 5.71. The zero-order valence-corrected chi connectivity index (χ0v) is 15.9. The summed E-state index contributed by atoms with van der Waals surface area (Å²) in [6.07, 6.45) is 0. The Labute approximate surface area is 170 Å². The largest absolute Gasteiger partial charge is 0.478 e. The van der Waals surface area contributed by atoms with E-state index in [4.69, 9.17) is 34.8 Å². The molecule has 0 aliphatic heterocycles. The van der Waals surface area contributed by atoms with Crippen molar-refractivity contribution < 1.29 is 14.7 Å². The lowest BCUT2D eigenvalue weighted by Gasteiger charge is -2.13. The van der Waals surface area contributed by atoms with Crippen LogP contribution in [0.4, 0.5) is 5.69 Å². The number of carbonyl (C=O) groups is 2. The van der Waals surface area contributed by atoms with Gasteiger partial charge in [0.1, 0.15) is 0 Å². The van der Waals surface area contributed by atoms with Crippen molar-refractivity contribution in [2.45, 2.75) is 0 Å². The average molecular weight is 421 g/mol. The monoisotopic (exact) mass is 419 g/mol. The summed E-state index contributed by atoms with van der Waals surface area (Å²) in [5.74, 6) is -1.82. The van der Waals surface area contributed by atoms with Crippen molar-refractivity contribution in [1.82, 2.24) is 0 Å². The Balaban J connectivity index is 1.96. The van der Waals surface area contributed by atoms with Gasteiger partial charge in [0.2, 0.25) is 0 Å². The lowest BCUT2D eigenvalue weighted by molar-refractivity contribution is 0.0692. The zero-order valence-electron chi connectivity index (χ0n) is 13.7. The Morgan fingerprint density at radius 3 is 1.93 bits per heavy atom. The van der Waals surface area contributed by atoms with E-state index in [0.29, 0.717) is 10.6 Å². The van der Waals surface area contributed by atoms with Gasteiger partial charge in [-0.2, -0.15) is 0 Å². The highest BCUT2D eigenvalue weighted by Crippen LogP contribution is 2.38. The van der Waals surface area contributed by atoms with E-state index in [0.717, 1.165) is 5.56 Å². The molecule has 0 aliphatic carbocycles. The molecule has 0 aliphatic rings. The number of benzene rings is 3. The molecule has 0 aromatic heterocycles. The molecule has 3 aromatic carbocycles. The summed E-state index contributed by atoms with van der Waals surface area (Å²) < 4.78 is 0. The van der Waals surface area contributed by atoms with Crippen molar-refractivity contribution in [3.05, 3.63) is 86.9 Å². The molecular formula is C20H12Cl3NO3. The quantitative estimate of drug-likeness (QED) is 0.523. The Bertz CT molecular complexity index is 1030. The molecule has 3 aromatic rings. The van der Waals surface area contributed by atoms with E-state index < -0.39 is 11.9 Å². The second-order valence-corrected chi connectivity index (χ2v) is 6.82. The SMILES string of the molecule is O=C(O)c1ccccc1C(=O)Nc1c(Cl)cc(-c2ccccc2Cl)cc1Cl. The van der Waals surface area contributed by atoms with Gasteiger partial charge in [0.15, 0.2) is 0 Å².